The molecule has 0 heterocycles. The molecule has 8 nitrogen and oxygen atoms in total. The molecule has 0 bridgehead atoms. The van der Waals surface area contributed by atoms with Crippen molar-refractivity contribution in [1.82, 2.24) is 0 Å². The first-order valence-corrected chi connectivity index (χ1v) is 9.83. The molecule has 2 rings (SSSR count). The maximum atomic E-state index is 12.5. The molecule has 0 aliphatic carbocycles. The Morgan fingerprint density at radius 3 is 2.30 bits per heavy atom. The van der Waals surface area contributed by atoms with Gasteiger partial charge in [-0.15, -0.1) is 0 Å². The number of hydrogen-bond donors (Lipinski definition) is 3. The van der Waals surface area contributed by atoms with Crippen LogP contribution in [-0.2, 0) is 14.8 Å². The molecule has 0 aliphatic heterocycles. The largest absolute Gasteiger partial charge is 0.495 e. The first kappa shape index (κ1) is 20.2. The number of rotatable bonds is 6. The topological polar surface area (TPSA) is 114 Å². The summed E-state index contributed by atoms with van der Waals surface area (Å²) in [4.78, 5) is 23.8. The standard InChI is InChI=1S/C18H21N3O5S/c1-11-5-6-13(9-15(11)21-27(4,24)25)18(23)20-14-7-8-17(26-3)16(10-14)19-12(2)22/h5-10,21H,1-4H3,(H,19,22)(H,20,23). The van der Waals surface area contributed by atoms with E-state index in [2.05, 4.69) is 15.4 Å². The second-order valence-corrected chi connectivity index (χ2v) is 7.70. The van der Waals surface area contributed by atoms with Crippen LogP contribution >= 0.6 is 0 Å². The lowest BCUT2D eigenvalue weighted by atomic mass is 10.1. The molecule has 9 heteroatoms. The van der Waals surface area contributed by atoms with E-state index >= 15 is 0 Å². The molecule has 0 aliphatic rings. The van der Waals surface area contributed by atoms with Crippen molar-refractivity contribution < 1.29 is 22.7 Å². The summed E-state index contributed by atoms with van der Waals surface area (Å²) in [5.41, 5.74) is 2.17. The van der Waals surface area contributed by atoms with Crippen molar-refractivity contribution >= 4 is 38.9 Å². The number of hydrogen-bond acceptors (Lipinski definition) is 5. The average Bonchev–Trinajstić information content (AvgIpc) is 2.55. The molecule has 2 amide bonds. The van der Waals surface area contributed by atoms with E-state index < -0.39 is 15.9 Å². The third kappa shape index (κ3) is 5.71. The number of anilines is 3. The zero-order chi connectivity index (χ0) is 20.2. The highest BCUT2D eigenvalue weighted by atomic mass is 32.2. The molecular weight excluding hydrogens is 370 g/mol. The maximum absolute atomic E-state index is 12.5. The molecule has 0 unspecified atom stereocenters. The first-order chi connectivity index (χ1) is 12.6. The molecule has 0 aromatic heterocycles. The molecule has 144 valence electrons. The zero-order valence-corrected chi connectivity index (χ0v) is 16.2. The molecule has 0 saturated carbocycles. The number of nitrogens with one attached hydrogen (secondary N) is 3. The van der Waals surface area contributed by atoms with E-state index in [0.717, 1.165) is 6.26 Å². The molecule has 0 spiro atoms. The van der Waals surface area contributed by atoms with Crippen LogP contribution in [0.2, 0.25) is 0 Å². The van der Waals surface area contributed by atoms with Crippen molar-refractivity contribution in [1.29, 1.82) is 0 Å². The molecule has 0 saturated heterocycles. The Morgan fingerprint density at radius 2 is 1.70 bits per heavy atom. The van der Waals surface area contributed by atoms with E-state index in [1.54, 1.807) is 37.3 Å². The zero-order valence-electron chi connectivity index (χ0n) is 15.4. The van der Waals surface area contributed by atoms with Gasteiger partial charge in [-0.1, -0.05) is 6.07 Å². The Labute approximate surface area is 158 Å². The summed E-state index contributed by atoms with van der Waals surface area (Å²) in [5.74, 6) is -0.240. The fourth-order valence-electron chi connectivity index (χ4n) is 2.35. The van der Waals surface area contributed by atoms with Gasteiger partial charge in [0.15, 0.2) is 0 Å². The minimum absolute atomic E-state index is 0.271. The van der Waals surface area contributed by atoms with Gasteiger partial charge in [-0.25, -0.2) is 8.42 Å². The van der Waals surface area contributed by atoms with Crippen LogP contribution in [-0.4, -0.2) is 33.6 Å². The van der Waals surface area contributed by atoms with Crippen molar-refractivity contribution in [2.75, 3.05) is 28.7 Å². The number of aryl methyl sites for hydroxylation is 1. The van der Waals surface area contributed by atoms with E-state index in [-0.39, 0.29) is 11.5 Å². The monoisotopic (exact) mass is 391 g/mol. The minimum Gasteiger partial charge on any atom is -0.495 e. The highest BCUT2D eigenvalue weighted by molar-refractivity contribution is 7.92. The van der Waals surface area contributed by atoms with Crippen LogP contribution in [0.4, 0.5) is 17.1 Å². The summed E-state index contributed by atoms with van der Waals surface area (Å²) in [6, 6.07) is 9.53. The number of carbonyl (C=O) groups is 2. The van der Waals surface area contributed by atoms with Gasteiger partial charge in [0.1, 0.15) is 5.75 Å². The lowest BCUT2D eigenvalue weighted by molar-refractivity contribution is -0.114. The second kappa shape index (κ2) is 8.09. The van der Waals surface area contributed by atoms with E-state index in [0.29, 0.717) is 28.4 Å². The minimum atomic E-state index is -3.46. The fourth-order valence-corrected chi connectivity index (χ4v) is 2.97. The third-order valence-electron chi connectivity index (χ3n) is 3.56. The number of carbonyl (C=O) groups excluding carboxylic acids is 2. The van der Waals surface area contributed by atoms with Crippen LogP contribution in [0, 0.1) is 6.92 Å². The van der Waals surface area contributed by atoms with Gasteiger partial charge in [0.25, 0.3) is 5.91 Å². The Bertz CT molecular complexity index is 986. The molecule has 2 aromatic carbocycles. The Hall–Kier alpha value is -3.07. The van der Waals surface area contributed by atoms with Crippen LogP contribution in [0.15, 0.2) is 36.4 Å². The maximum Gasteiger partial charge on any atom is 0.255 e. The highest BCUT2D eigenvalue weighted by Crippen LogP contribution is 2.28. The van der Waals surface area contributed by atoms with Crippen LogP contribution in [0.3, 0.4) is 0 Å². The molecule has 27 heavy (non-hydrogen) atoms. The molecule has 0 fully saturated rings. The van der Waals surface area contributed by atoms with Gasteiger partial charge in [0, 0.05) is 18.2 Å². The van der Waals surface area contributed by atoms with Gasteiger partial charge in [-0.2, -0.15) is 0 Å². The first-order valence-electron chi connectivity index (χ1n) is 7.94. The van der Waals surface area contributed by atoms with Gasteiger partial charge in [-0.3, -0.25) is 14.3 Å². The number of amides is 2. The number of sulfonamides is 1. The van der Waals surface area contributed by atoms with E-state index in [9.17, 15) is 18.0 Å². The molecule has 2 aromatic rings. The van der Waals surface area contributed by atoms with Gasteiger partial charge in [-0.05, 0) is 42.8 Å². The second-order valence-electron chi connectivity index (χ2n) is 5.95. The molecule has 3 N–H and O–H groups in total. The Balaban J connectivity index is 2.27. The molecule has 0 atom stereocenters. The van der Waals surface area contributed by atoms with Gasteiger partial charge in [0.2, 0.25) is 15.9 Å². The highest BCUT2D eigenvalue weighted by Gasteiger charge is 2.13. The lowest BCUT2D eigenvalue weighted by Crippen LogP contribution is -2.15. The van der Waals surface area contributed by atoms with Crippen LogP contribution < -0.4 is 20.1 Å². The SMILES string of the molecule is COc1ccc(NC(=O)c2ccc(C)c(NS(C)(=O)=O)c2)cc1NC(C)=O. The summed E-state index contributed by atoms with van der Waals surface area (Å²) in [6.07, 6.45) is 1.04. The molecular formula is C18H21N3O5S. The summed E-state index contributed by atoms with van der Waals surface area (Å²) in [5, 5.41) is 5.34. The van der Waals surface area contributed by atoms with Crippen molar-refractivity contribution in [2.45, 2.75) is 13.8 Å². The van der Waals surface area contributed by atoms with E-state index in [1.807, 2.05) is 0 Å². The number of methoxy groups -OCH3 is 1. The smallest absolute Gasteiger partial charge is 0.255 e. The quantitative estimate of drug-likeness (QED) is 0.700. The summed E-state index contributed by atoms with van der Waals surface area (Å²) in [7, 11) is -1.99. The number of benzene rings is 2. The summed E-state index contributed by atoms with van der Waals surface area (Å²) >= 11 is 0. The van der Waals surface area contributed by atoms with E-state index in [1.165, 1.54) is 20.1 Å². The average molecular weight is 391 g/mol. The van der Waals surface area contributed by atoms with Crippen LogP contribution in [0.25, 0.3) is 0 Å². The van der Waals surface area contributed by atoms with Crippen molar-refractivity contribution in [3.8, 4) is 5.75 Å². The number of ether oxygens (including phenoxy) is 1. The predicted molar refractivity (Wildman–Crippen MR) is 105 cm³/mol. The fraction of sp³-hybridized carbons (Fsp3) is 0.222. The van der Waals surface area contributed by atoms with Gasteiger partial charge < -0.3 is 15.4 Å². The lowest BCUT2D eigenvalue weighted by Gasteiger charge is -2.13. The van der Waals surface area contributed by atoms with Crippen LogP contribution in [0.5, 0.6) is 5.75 Å². The summed E-state index contributed by atoms with van der Waals surface area (Å²) < 4.78 is 30.5. The van der Waals surface area contributed by atoms with E-state index in [4.69, 9.17) is 4.74 Å². The normalized spacial score (nSPS) is 10.8. The third-order valence-corrected chi connectivity index (χ3v) is 4.15. The summed E-state index contributed by atoms with van der Waals surface area (Å²) in [6.45, 7) is 3.10. The van der Waals surface area contributed by atoms with Gasteiger partial charge >= 0.3 is 0 Å². The van der Waals surface area contributed by atoms with Gasteiger partial charge in [0.05, 0.1) is 24.7 Å². The van der Waals surface area contributed by atoms with Crippen LogP contribution in [0.1, 0.15) is 22.8 Å². The predicted octanol–water partition coefficient (Wildman–Crippen LogP) is 2.59. The van der Waals surface area contributed by atoms with Crippen molar-refractivity contribution in [3.63, 3.8) is 0 Å². The van der Waals surface area contributed by atoms with Crippen molar-refractivity contribution in [2.24, 2.45) is 0 Å². The Morgan fingerprint density at radius 1 is 1.00 bits per heavy atom. The Kier molecular flexibility index (Phi) is 6.06. The molecule has 0 radical (unpaired) electrons. The van der Waals surface area contributed by atoms with Crippen molar-refractivity contribution in [3.05, 3.63) is 47.5 Å².